The molecule has 2 aromatic carbocycles. The summed E-state index contributed by atoms with van der Waals surface area (Å²) in [6.45, 7) is 0.413. The Balaban J connectivity index is 1.72. The van der Waals surface area contributed by atoms with Crippen LogP contribution in [0, 0.1) is 5.82 Å². The minimum Gasteiger partial charge on any atom is -0.340 e. The molecule has 0 radical (unpaired) electrons. The highest BCUT2D eigenvalue weighted by Crippen LogP contribution is 2.30. The van der Waals surface area contributed by atoms with Gasteiger partial charge in [0.05, 0.1) is 5.56 Å². The first-order valence-electron chi connectivity index (χ1n) is 9.25. The third kappa shape index (κ3) is 5.34. The van der Waals surface area contributed by atoms with E-state index in [0.29, 0.717) is 31.4 Å². The van der Waals surface area contributed by atoms with Crippen molar-refractivity contribution in [2.75, 3.05) is 6.54 Å². The van der Waals surface area contributed by atoms with Crippen molar-refractivity contribution in [3.63, 3.8) is 0 Å². The van der Waals surface area contributed by atoms with Crippen LogP contribution >= 0.6 is 0 Å². The second-order valence-corrected chi connectivity index (χ2v) is 6.99. The SMILES string of the molecule is O=C(NC1CCCCN(Cc2cccc(C(F)(F)F)c2)C1=O)c1cccc(F)c1. The number of likely N-dealkylation sites (tertiary alicyclic amines) is 1. The van der Waals surface area contributed by atoms with Crippen LogP contribution < -0.4 is 5.32 Å². The molecule has 1 saturated heterocycles. The summed E-state index contributed by atoms with van der Waals surface area (Å²) in [5.41, 5.74) is -0.301. The zero-order valence-corrected chi connectivity index (χ0v) is 15.5. The molecule has 4 nitrogen and oxygen atoms in total. The van der Waals surface area contributed by atoms with E-state index < -0.39 is 29.5 Å². The van der Waals surface area contributed by atoms with Gasteiger partial charge < -0.3 is 10.2 Å². The van der Waals surface area contributed by atoms with Crippen LogP contribution in [0.25, 0.3) is 0 Å². The molecule has 1 atom stereocenters. The molecule has 2 aromatic rings. The number of rotatable bonds is 4. The Hall–Kier alpha value is -2.90. The molecule has 29 heavy (non-hydrogen) atoms. The molecular formula is C21H20F4N2O2. The van der Waals surface area contributed by atoms with Crippen LogP contribution in [-0.2, 0) is 17.5 Å². The molecule has 154 valence electrons. The average molecular weight is 408 g/mol. The standard InChI is InChI=1S/C21H20F4N2O2/c22-17-8-4-6-15(12-17)19(28)26-18-9-1-2-10-27(20(18)29)13-14-5-3-7-16(11-14)21(23,24)25/h3-8,11-12,18H,1-2,9-10,13H2,(H,26,28). The molecule has 3 rings (SSSR count). The highest BCUT2D eigenvalue weighted by Gasteiger charge is 2.32. The van der Waals surface area contributed by atoms with E-state index in [2.05, 4.69) is 5.32 Å². The zero-order chi connectivity index (χ0) is 21.0. The summed E-state index contributed by atoms with van der Waals surface area (Å²) >= 11 is 0. The molecule has 0 saturated carbocycles. The Morgan fingerprint density at radius 3 is 2.59 bits per heavy atom. The van der Waals surface area contributed by atoms with Crippen LogP contribution in [-0.4, -0.2) is 29.3 Å². The lowest BCUT2D eigenvalue weighted by Gasteiger charge is -2.25. The van der Waals surface area contributed by atoms with Gasteiger partial charge in [-0.3, -0.25) is 9.59 Å². The minimum absolute atomic E-state index is 0.0229. The lowest BCUT2D eigenvalue weighted by atomic mass is 10.1. The maximum Gasteiger partial charge on any atom is 0.416 e. The Labute approximate surface area is 165 Å². The summed E-state index contributed by atoms with van der Waals surface area (Å²) in [7, 11) is 0. The summed E-state index contributed by atoms with van der Waals surface area (Å²) in [4.78, 5) is 26.7. The predicted octanol–water partition coefficient (Wildman–Crippen LogP) is 4.16. The monoisotopic (exact) mass is 408 g/mol. The van der Waals surface area contributed by atoms with Crippen LogP contribution in [0.15, 0.2) is 48.5 Å². The van der Waals surface area contributed by atoms with Crippen LogP contribution in [0.4, 0.5) is 17.6 Å². The number of nitrogens with zero attached hydrogens (tertiary/aromatic N) is 1. The van der Waals surface area contributed by atoms with Crippen molar-refractivity contribution in [3.8, 4) is 0 Å². The number of amides is 2. The fourth-order valence-corrected chi connectivity index (χ4v) is 3.33. The van der Waals surface area contributed by atoms with E-state index >= 15 is 0 Å². The Morgan fingerprint density at radius 2 is 1.86 bits per heavy atom. The molecule has 0 bridgehead atoms. The second kappa shape index (κ2) is 8.63. The number of carbonyl (C=O) groups is 2. The maximum absolute atomic E-state index is 13.3. The van der Waals surface area contributed by atoms with Gasteiger partial charge in [0.2, 0.25) is 5.91 Å². The molecular weight excluding hydrogens is 388 g/mol. The highest BCUT2D eigenvalue weighted by atomic mass is 19.4. The first-order valence-corrected chi connectivity index (χ1v) is 9.25. The van der Waals surface area contributed by atoms with E-state index in [-0.39, 0.29) is 18.0 Å². The van der Waals surface area contributed by atoms with Gasteiger partial charge >= 0.3 is 6.18 Å². The Morgan fingerprint density at radius 1 is 1.10 bits per heavy atom. The van der Waals surface area contributed by atoms with Gasteiger partial charge in [0.15, 0.2) is 0 Å². The summed E-state index contributed by atoms with van der Waals surface area (Å²) in [5, 5.41) is 2.63. The van der Waals surface area contributed by atoms with E-state index in [4.69, 9.17) is 0 Å². The van der Waals surface area contributed by atoms with Gasteiger partial charge in [-0.05, 0) is 55.2 Å². The number of carbonyl (C=O) groups excluding carboxylic acids is 2. The number of alkyl halides is 3. The molecule has 1 heterocycles. The third-order valence-electron chi connectivity index (χ3n) is 4.80. The largest absolute Gasteiger partial charge is 0.416 e. The van der Waals surface area contributed by atoms with Gasteiger partial charge in [-0.1, -0.05) is 18.2 Å². The van der Waals surface area contributed by atoms with Crippen LogP contribution in [0.3, 0.4) is 0 Å². The van der Waals surface area contributed by atoms with Gasteiger partial charge in [-0.2, -0.15) is 13.2 Å². The Bertz CT molecular complexity index is 898. The van der Waals surface area contributed by atoms with Gasteiger partial charge in [0, 0.05) is 18.7 Å². The van der Waals surface area contributed by atoms with Crippen molar-refractivity contribution >= 4 is 11.8 Å². The second-order valence-electron chi connectivity index (χ2n) is 6.99. The van der Waals surface area contributed by atoms with Gasteiger partial charge in [-0.25, -0.2) is 4.39 Å². The summed E-state index contributed by atoms with van der Waals surface area (Å²) in [6, 6.07) is 9.19. The fraction of sp³-hybridized carbons (Fsp3) is 0.333. The maximum atomic E-state index is 13.3. The lowest BCUT2D eigenvalue weighted by molar-refractivity contribution is -0.137. The third-order valence-corrected chi connectivity index (χ3v) is 4.80. The van der Waals surface area contributed by atoms with Crippen molar-refractivity contribution in [2.45, 2.75) is 38.0 Å². The fourth-order valence-electron chi connectivity index (χ4n) is 3.33. The van der Waals surface area contributed by atoms with E-state index in [1.807, 2.05) is 0 Å². The zero-order valence-electron chi connectivity index (χ0n) is 15.5. The van der Waals surface area contributed by atoms with Crippen LogP contribution in [0.5, 0.6) is 0 Å². The minimum atomic E-state index is -4.46. The number of hydrogen-bond acceptors (Lipinski definition) is 2. The summed E-state index contributed by atoms with van der Waals surface area (Å²) < 4.78 is 52.1. The van der Waals surface area contributed by atoms with Crippen molar-refractivity contribution in [1.29, 1.82) is 0 Å². The molecule has 0 aliphatic carbocycles. The van der Waals surface area contributed by atoms with Crippen molar-refractivity contribution in [2.24, 2.45) is 0 Å². The molecule has 1 N–H and O–H groups in total. The lowest BCUT2D eigenvalue weighted by Crippen LogP contribution is -2.47. The smallest absolute Gasteiger partial charge is 0.340 e. The number of hydrogen-bond donors (Lipinski definition) is 1. The normalized spacial score (nSPS) is 17.7. The number of benzene rings is 2. The number of halogens is 4. The van der Waals surface area contributed by atoms with Crippen LogP contribution in [0.1, 0.15) is 40.7 Å². The quantitative estimate of drug-likeness (QED) is 0.773. The topological polar surface area (TPSA) is 49.4 Å². The van der Waals surface area contributed by atoms with E-state index in [0.717, 1.165) is 18.2 Å². The summed E-state index contributed by atoms with van der Waals surface area (Å²) in [6.07, 6.45) is -2.69. The molecule has 1 aliphatic rings. The Kier molecular flexibility index (Phi) is 6.20. The number of nitrogens with one attached hydrogen (secondary N) is 1. The van der Waals surface area contributed by atoms with Gasteiger partial charge in [0.25, 0.3) is 5.91 Å². The average Bonchev–Trinajstić information content (AvgIpc) is 2.84. The van der Waals surface area contributed by atoms with Crippen LogP contribution in [0.2, 0.25) is 0 Å². The molecule has 0 aromatic heterocycles. The van der Waals surface area contributed by atoms with Crippen molar-refractivity contribution in [3.05, 3.63) is 71.0 Å². The van der Waals surface area contributed by atoms with Gasteiger partial charge in [-0.15, -0.1) is 0 Å². The molecule has 1 fully saturated rings. The van der Waals surface area contributed by atoms with Crippen molar-refractivity contribution < 1.29 is 27.2 Å². The van der Waals surface area contributed by atoms with E-state index in [1.54, 1.807) is 0 Å². The molecule has 2 amide bonds. The van der Waals surface area contributed by atoms with Crippen molar-refractivity contribution in [1.82, 2.24) is 10.2 Å². The first-order chi connectivity index (χ1) is 13.7. The van der Waals surface area contributed by atoms with Gasteiger partial charge in [0.1, 0.15) is 11.9 Å². The van der Waals surface area contributed by atoms with E-state index in [9.17, 15) is 27.2 Å². The predicted molar refractivity (Wildman–Crippen MR) is 98.4 cm³/mol. The first kappa shape index (κ1) is 20.8. The molecule has 1 unspecified atom stereocenters. The summed E-state index contributed by atoms with van der Waals surface area (Å²) in [5.74, 6) is -1.48. The highest BCUT2D eigenvalue weighted by molar-refractivity contribution is 5.97. The molecule has 0 spiro atoms. The molecule has 8 heteroatoms. The van der Waals surface area contributed by atoms with E-state index in [1.165, 1.54) is 35.2 Å². The molecule has 1 aliphatic heterocycles.